The Bertz CT molecular complexity index is 1070. The molecule has 0 atom stereocenters. The lowest BCUT2D eigenvalue weighted by Crippen LogP contribution is -2.48. The first-order chi connectivity index (χ1) is 15.5. The van der Waals surface area contributed by atoms with Gasteiger partial charge in [0.1, 0.15) is 12.4 Å². The number of piperazine rings is 1. The number of halogens is 1. The highest BCUT2D eigenvalue weighted by molar-refractivity contribution is 6.30. The average Bonchev–Trinajstić information content (AvgIpc) is 2.80. The fourth-order valence-corrected chi connectivity index (χ4v) is 4.20. The van der Waals surface area contributed by atoms with E-state index >= 15 is 0 Å². The molecule has 166 valence electrons. The van der Waals surface area contributed by atoms with Crippen molar-refractivity contribution in [2.75, 3.05) is 26.2 Å². The standard InChI is InChI=1S/C27H29ClN2O2/c1-20-6-8-22(9-7-20)18-29-12-14-30(15-13-29)27(31)24-5-3-4-23(17-24)19-32-26-11-10-25(28)16-21(26)2/h3-11,16-17H,12-15,18-19H2,1-2H3. The quantitative estimate of drug-likeness (QED) is 0.499. The lowest BCUT2D eigenvalue weighted by Gasteiger charge is -2.35. The monoisotopic (exact) mass is 448 g/mol. The summed E-state index contributed by atoms with van der Waals surface area (Å²) in [6, 6.07) is 22.0. The molecular weight excluding hydrogens is 420 g/mol. The van der Waals surface area contributed by atoms with Crippen LogP contribution in [0.15, 0.2) is 66.7 Å². The van der Waals surface area contributed by atoms with Crippen LogP contribution in [0, 0.1) is 13.8 Å². The largest absolute Gasteiger partial charge is 0.489 e. The van der Waals surface area contributed by atoms with Crippen LogP contribution in [0.1, 0.15) is 32.6 Å². The van der Waals surface area contributed by atoms with Gasteiger partial charge in [-0.2, -0.15) is 0 Å². The van der Waals surface area contributed by atoms with Gasteiger partial charge in [-0.3, -0.25) is 9.69 Å². The minimum absolute atomic E-state index is 0.0875. The van der Waals surface area contributed by atoms with E-state index in [1.165, 1.54) is 11.1 Å². The highest BCUT2D eigenvalue weighted by Gasteiger charge is 2.22. The van der Waals surface area contributed by atoms with Gasteiger partial charge in [-0.05, 0) is 60.9 Å². The van der Waals surface area contributed by atoms with Crippen molar-refractivity contribution in [3.8, 4) is 5.75 Å². The molecule has 1 aliphatic rings. The first-order valence-corrected chi connectivity index (χ1v) is 11.4. The zero-order valence-electron chi connectivity index (χ0n) is 18.7. The summed E-state index contributed by atoms with van der Waals surface area (Å²) >= 11 is 6.02. The Morgan fingerprint density at radius 1 is 0.906 bits per heavy atom. The fourth-order valence-electron chi connectivity index (χ4n) is 3.97. The van der Waals surface area contributed by atoms with Crippen molar-refractivity contribution < 1.29 is 9.53 Å². The first kappa shape index (κ1) is 22.4. The van der Waals surface area contributed by atoms with E-state index in [1.54, 1.807) is 0 Å². The molecule has 1 heterocycles. The van der Waals surface area contributed by atoms with Crippen LogP contribution in [0.3, 0.4) is 0 Å². The SMILES string of the molecule is Cc1ccc(CN2CCN(C(=O)c3cccc(COc4ccc(Cl)cc4C)c3)CC2)cc1. The number of carbonyl (C=O) groups is 1. The Hall–Kier alpha value is -2.82. The number of benzene rings is 3. The first-order valence-electron chi connectivity index (χ1n) is 11.0. The van der Waals surface area contributed by atoms with Gasteiger partial charge in [-0.15, -0.1) is 0 Å². The molecule has 0 unspecified atom stereocenters. The Balaban J connectivity index is 1.32. The molecule has 0 N–H and O–H groups in total. The van der Waals surface area contributed by atoms with Crippen molar-refractivity contribution in [2.24, 2.45) is 0 Å². The third-order valence-corrected chi connectivity index (χ3v) is 6.13. The van der Waals surface area contributed by atoms with E-state index in [9.17, 15) is 4.79 Å². The number of carbonyl (C=O) groups excluding carboxylic acids is 1. The van der Waals surface area contributed by atoms with Crippen LogP contribution < -0.4 is 4.74 Å². The number of hydrogen-bond acceptors (Lipinski definition) is 3. The van der Waals surface area contributed by atoms with Gasteiger partial charge < -0.3 is 9.64 Å². The van der Waals surface area contributed by atoms with Crippen LogP contribution in [0.2, 0.25) is 5.02 Å². The van der Waals surface area contributed by atoms with Gasteiger partial charge in [0.25, 0.3) is 5.91 Å². The number of ether oxygens (including phenoxy) is 1. The van der Waals surface area contributed by atoms with Gasteiger partial charge in [-0.1, -0.05) is 53.6 Å². The Morgan fingerprint density at radius 2 is 1.66 bits per heavy atom. The van der Waals surface area contributed by atoms with Crippen LogP contribution in [0.25, 0.3) is 0 Å². The predicted molar refractivity (Wildman–Crippen MR) is 129 cm³/mol. The van der Waals surface area contributed by atoms with E-state index in [0.717, 1.165) is 49.6 Å². The normalized spacial score (nSPS) is 14.4. The van der Waals surface area contributed by atoms with Crippen LogP contribution >= 0.6 is 11.6 Å². The van der Waals surface area contributed by atoms with Crippen LogP contribution in [0.4, 0.5) is 0 Å². The van der Waals surface area contributed by atoms with Gasteiger partial charge in [-0.25, -0.2) is 0 Å². The molecule has 3 aromatic rings. The number of amides is 1. The summed E-state index contributed by atoms with van der Waals surface area (Å²) in [5.41, 5.74) is 5.28. The summed E-state index contributed by atoms with van der Waals surface area (Å²) in [7, 11) is 0. The molecule has 3 aromatic carbocycles. The van der Waals surface area contributed by atoms with Gasteiger partial charge in [0, 0.05) is 43.3 Å². The van der Waals surface area contributed by atoms with Crippen LogP contribution in [0.5, 0.6) is 5.75 Å². The van der Waals surface area contributed by atoms with E-state index in [1.807, 2.05) is 54.3 Å². The van der Waals surface area contributed by atoms with E-state index in [0.29, 0.717) is 17.2 Å². The summed E-state index contributed by atoms with van der Waals surface area (Å²) in [6.07, 6.45) is 0. The Morgan fingerprint density at radius 3 is 2.38 bits per heavy atom. The summed E-state index contributed by atoms with van der Waals surface area (Å²) in [6.45, 7) is 8.68. The topological polar surface area (TPSA) is 32.8 Å². The fraction of sp³-hybridized carbons (Fsp3) is 0.296. The van der Waals surface area contributed by atoms with Gasteiger partial charge in [0.05, 0.1) is 0 Å². The van der Waals surface area contributed by atoms with E-state index < -0.39 is 0 Å². The van der Waals surface area contributed by atoms with E-state index in [2.05, 4.69) is 36.1 Å². The van der Waals surface area contributed by atoms with Crippen molar-refractivity contribution in [3.05, 3.63) is 99.6 Å². The van der Waals surface area contributed by atoms with Gasteiger partial charge in [0.15, 0.2) is 0 Å². The molecule has 0 radical (unpaired) electrons. The zero-order chi connectivity index (χ0) is 22.5. The molecule has 1 saturated heterocycles. The number of aryl methyl sites for hydroxylation is 2. The molecule has 4 nitrogen and oxygen atoms in total. The minimum atomic E-state index is 0.0875. The van der Waals surface area contributed by atoms with Crippen molar-refractivity contribution in [3.63, 3.8) is 0 Å². The molecule has 32 heavy (non-hydrogen) atoms. The molecule has 0 saturated carbocycles. The molecule has 1 amide bonds. The molecule has 0 aromatic heterocycles. The maximum Gasteiger partial charge on any atom is 0.253 e. The predicted octanol–water partition coefficient (Wildman–Crippen LogP) is 5.49. The lowest BCUT2D eigenvalue weighted by molar-refractivity contribution is 0.0628. The molecule has 0 bridgehead atoms. The Labute approximate surface area is 195 Å². The van der Waals surface area contributed by atoms with Crippen LogP contribution in [-0.4, -0.2) is 41.9 Å². The second-order valence-electron chi connectivity index (χ2n) is 8.45. The van der Waals surface area contributed by atoms with E-state index in [4.69, 9.17) is 16.3 Å². The zero-order valence-corrected chi connectivity index (χ0v) is 19.4. The Kier molecular flexibility index (Phi) is 7.13. The maximum absolute atomic E-state index is 13.1. The molecule has 0 aliphatic carbocycles. The third kappa shape index (κ3) is 5.70. The van der Waals surface area contributed by atoms with Gasteiger partial charge in [0.2, 0.25) is 0 Å². The second kappa shape index (κ2) is 10.2. The van der Waals surface area contributed by atoms with Crippen molar-refractivity contribution in [1.82, 2.24) is 9.80 Å². The molecule has 1 aliphatic heterocycles. The van der Waals surface area contributed by atoms with Crippen LogP contribution in [-0.2, 0) is 13.2 Å². The summed E-state index contributed by atoms with van der Waals surface area (Å²) in [5.74, 6) is 0.889. The summed E-state index contributed by atoms with van der Waals surface area (Å²) in [5, 5.41) is 0.696. The summed E-state index contributed by atoms with van der Waals surface area (Å²) < 4.78 is 5.95. The maximum atomic E-state index is 13.1. The van der Waals surface area contributed by atoms with E-state index in [-0.39, 0.29) is 5.91 Å². The molecule has 5 heteroatoms. The smallest absolute Gasteiger partial charge is 0.253 e. The third-order valence-electron chi connectivity index (χ3n) is 5.89. The number of nitrogens with zero attached hydrogens (tertiary/aromatic N) is 2. The second-order valence-corrected chi connectivity index (χ2v) is 8.89. The molecule has 0 spiro atoms. The number of hydrogen-bond donors (Lipinski definition) is 0. The van der Waals surface area contributed by atoms with Gasteiger partial charge >= 0.3 is 0 Å². The highest BCUT2D eigenvalue weighted by Crippen LogP contribution is 2.23. The molecule has 4 rings (SSSR count). The van der Waals surface area contributed by atoms with Crippen molar-refractivity contribution in [2.45, 2.75) is 27.0 Å². The number of rotatable bonds is 6. The lowest BCUT2D eigenvalue weighted by atomic mass is 10.1. The molecular formula is C27H29ClN2O2. The minimum Gasteiger partial charge on any atom is -0.489 e. The highest BCUT2D eigenvalue weighted by atomic mass is 35.5. The summed E-state index contributed by atoms with van der Waals surface area (Å²) in [4.78, 5) is 17.4. The van der Waals surface area contributed by atoms with Crippen molar-refractivity contribution >= 4 is 17.5 Å². The average molecular weight is 449 g/mol. The molecule has 1 fully saturated rings. The van der Waals surface area contributed by atoms with Crippen molar-refractivity contribution in [1.29, 1.82) is 0 Å².